The summed E-state index contributed by atoms with van der Waals surface area (Å²) in [6.07, 6.45) is 9.54. The summed E-state index contributed by atoms with van der Waals surface area (Å²) in [6.45, 7) is 5.42. The number of aromatic nitrogens is 5. The lowest BCUT2D eigenvalue weighted by Gasteiger charge is -2.50. The monoisotopic (exact) mass is 594 g/mol. The molecule has 232 valence electrons. The lowest BCUT2D eigenvalue weighted by atomic mass is 9.61. The van der Waals surface area contributed by atoms with Gasteiger partial charge in [0.1, 0.15) is 6.10 Å². The molecule has 1 saturated carbocycles. The van der Waals surface area contributed by atoms with Crippen LogP contribution in [0.15, 0.2) is 9.32 Å². The van der Waals surface area contributed by atoms with Gasteiger partial charge in [-0.3, -0.25) is 14.0 Å². The molecule has 3 saturated heterocycles. The molecule has 0 radical (unpaired) electrons. The number of hydrogen-bond acceptors (Lipinski definition) is 10. The second kappa shape index (κ2) is 10.4. The quantitative estimate of drug-likeness (QED) is 0.434. The molecule has 4 atom stereocenters. The van der Waals surface area contributed by atoms with Crippen LogP contribution in [0.25, 0.3) is 22.7 Å². The highest BCUT2D eigenvalue weighted by Crippen LogP contribution is 2.56. The second-order valence-corrected chi connectivity index (χ2v) is 13.2. The molecule has 3 aromatic heterocycles. The van der Waals surface area contributed by atoms with Crippen LogP contribution in [0, 0.1) is 0 Å². The Hall–Kier alpha value is -2.80. The minimum Gasteiger partial charge on any atom is -0.471 e. The lowest BCUT2D eigenvalue weighted by molar-refractivity contribution is -0.231. The third-order valence-corrected chi connectivity index (χ3v) is 10.9. The summed E-state index contributed by atoms with van der Waals surface area (Å²) in [4.78, 5) is 26.1. The van der Waals surface area contributed by atoms with Crippen LogP contribution < -0.4 is 10.4 Å². The van der Waals surface area contributed by atoms with Crippen molar-refractivity contribution in [3.63, 3.8) is 0 Å². The smallest absolute Gasteiger partial charge is 0.330 e. The van der Waals surface area contributed by atoms with Crippen molar-refractivity contribution in [2.45, 2.75) is 101 Å². The zero-order valence-electron chi connectivity index (χ0n) is 25.5. The van der Waals surface area contributed by atoms with Gasteiger partial charge in [0.05, 0.1) is 37.0 Å². The fourth-order valence-corrected chi connectivity index (χ4v) is 8.74. The molecule has 4 fully saturated rings. The predicted molar refractivity (Wildman–Crippen MR) is 156 cm³/mol. The van der Waals surface area contributed by atoms with Gasteiger partial charge in [-0.15, -0.1) is 0 Å². The number of fused-ring (bicyclic) bond motifs is 4. The molecule has 2 spiro atoms. The van der Waals surface area contributed by atoms with Crippen molar-refractivity contribution in [1.82, 2.24) is 29.2 Å². The van der Waals surface area contributed by atoms with E-state index in [1.165, 1.54) is 0 Å². The molecule has 0 amide bonds. The molecule has 0 aromatic carbocycles. The molecule has 2 aliphatic carbocycles. The summed E-state index contributed by atoms with van der Waals surface area (Å²) >= 11 is 0. The third-order valence-electron chi connectivity index (χ3n) is 10.9. The van der Waals surface area contributed by atoms with Crippen LogP contribution in [0.2, 0.25) is 0 Å². The van der Waals surface area contributed by atoms with Crippen LogP contribution in [0.3, 0.4) is 0 Å². The molecule has 3 aliphatic heterocycles. The van der Waals surface area contributed by atoms with E-state index in [0.29, 0.717) is 55.1 Å². The molecular formula is C31H42N6O6. The predicted octanol–water partition coefficient (Wildman–Crippen LogP) is 3.50. The first kappa shape index (κ1) is 27.7. The number of likely N-dealkylation sites (tertiary alicyclic amines) is 1. The molecule has 3 aromatic rings. The van der Waals surface area contributed by atoms with Gasteiger partial charge in [0.25, 0.3) is 0 Å². The molecule has 43 heavy (non-hydrogen) atoms. The summed E-state index contributed by atoms with van der Waals surface area (Å²) in [6, 6.07) is 0.165. The molecule has 8 rings (SSSR count). The molecule has 0 bridgehead atoms. The van der Waals surface area contributed by atoms with E-state index in [2.05, 4.69) is 18.9 Å². The summed E-state index contributed by atoms with van der Waals surface area (Å²) in [5.41, 5.74) is 2.59. The Morgan fingerprint density at radius 1 is 1.00 bits per heavy atom. The number of nitrogens with zero attached hydrogens (tertiary/aromatic N) is 6. The van der Waals surface area contributed by atoms with Crippen molar-refractivity contribution >= 4 is 11.2 Å². The van der Waals surface area contributed by atoms with Crippen molar-refractivity contribution < 1.29 is 23.5 Å². The number of ether oxygens (including phenoxy) is 4. The van der Waals surface area contributed by atoms with Gasteiger partial charge in [0, 0.05) is 31.7 Å². The first-order chi connectivity index (χ1) is 20.9. The van der Waals surface area contributed by atoms with Crippen LogP contribution in [0.5, 0.6) is 5.88 Å². The highest BCUT2D eigenvalue weighted by Gasteiger charge is 2.61. The molecule has 0 unspecified atom stereocenters. The van der Waals surface area contributed by atoms with E-state index >= 15 is 0 Å². The fraction of sp³-hybridized carbons (Fsp3) is 0.742. The lowest BCUT2D eigenvalue weighted by Crippen LogP contribution is -2.56. The maximum atomic E-state index is 13.7. The third kappa shape index (κ3) is 4.09. The maximum absolute atomic E-state index is 13.7. The minimum absolute atomic E-state index is 0.101. The molecular weight excluding hydrogens is 552 g/mol. The van der Waals surface area contributed by atoms with Gasteiger partial charge >= 0.3 is 5.69 Å². The van der Waals surface area contributed by atoms with Crippen LogP contribution in [-0.2, 0) is 33.1 Å². The number of imidazole rings is 1. The number of aryl methyl sites for hydroxylation is 1. The molecule has 5 aliphatic rings. The standard InChI is InChI=1S/C31H42N6O6/c1-19(22-9-7-14-35(22)2)42-28-23-27(37(29(38)36(23)3)20-10-15-39-18-20)32-26(33-28)24-21-8-6-12-30(25(21)34-43-24)11-4-5-13-31(30)40-16-17-41-31/h19-20,22H,4-18H2,1-3H3/t19-,20-,22-,30-/m0/s1. The summed E-state index contributed by atoms with van der Waals surface area (Å²) < 4.78 is 34.7. The van der Waals surface area contributed by atoms with E-state index in [-0.39, 0.29) is 29.3 Å². The minimum atomic E-state index is -0.654. The first-order valence-electron chi connectivity index (χ1n) is 16.1. The Balaban J connectivity index is 1.28. The topological polar surface area (TPSA) is 119 Å². The van der Waals surface area contributed by atoms with E-state index in [1.54, 1.807) is 16.2 Å². The van der Waals surface area contributed by atoms with Gasteiger partial charge in [-0.1, -0.05) is 11.6 Å². The Labute approximate surface area is 250 Å². The van der Waals surface area contributed by atoms with E-state index in [0.717, 1.165) is 82.0 Å². The Bertz CT molecular complexity index is 1580. The van der Waals surface area contributed by atoms with Crippen molar-refractivity contribution in [2.24, 2.45) is 7.05 Å². The zero-order chi connectivity index (χ0) is 29.3. The van der Waals surface area contributed by atoms with Gasteiger partial charge < -0.3 is 23.5 Å². The average Bonchev–Trinajstić information content (AvgIpc) is 3.84. The Morgan fingerprint density at radius 3 is 2.58 bits per heavy atom. The average molecular weight is 595 g/mol. The largest absolute Gasteiger partial charge is 0.471 e. The van der Waals surface area contributed by atoms with Gasteiger partial charge in [0.15, 0.2) is 17.0 Å². The van der Waals surface area contributed by atoms with Gasteiger partial charge in [-0.25, -0.2) is 9.78 Å². The van der Waals surface area contributed by atoms with Crippen LogP contribution >= 0.6 is 0 Å². The molecule has 12 nitrogen and oxygen atoms in total. The van der Waals surface area contributed by atoms with Crippen molar-refractivity contribution in [3.05, 3.63) is 21.7 Å². The fourth-order valence-electron chi connectivity index (χ4n) is 8.74. The summed E-state index contributed by atoms with van der Waals surface area (Å²) in [5, 5.41) is 4.74. The summed E-state index contributed by atoms with van der Waals surface area (Å²) in [5.74, 6) is 0.698. The van der Waals surface area contributed by atoms with Crippen LogP contribution in [-0.4, -0.2) is 87.1 Å². The Morgan fingerprint density at radius 2 is 1.81 bits per heavy atom. The first-order valence-corrected chi connectivity index (χ1v) is 16.1. The number of hydrogen-bond donors (Lipinski definition) is 0. The van der Waals surface area contributed by atoms with Crippen LogP contribution in [0.4, 0.5) is 0 Å². The SMILES string of the molecule is C[C@H](Oc1nc(-c2onc3c2CCC[C@@]32CCCCC23OCCO3)nc2c1n(C)c(=O)n2[C@H]1CCOC1)[C@@H]1CCCN1C. The van der Waals surface area contributed by atoms with Gasteiger partial charge in [0.2, 0.25) is 17.5 Å². The number of rotatable bonds is 5. The highest BCUT2D eigenvalue weighted by atomic mass is 16.7. The summed E-state index contributed by atoms with van der Waals surface area (Å²) in [7, 11) is 3.90. The van der Waals surface area contributed by atoms with E-state index in [1.807, 2.05) is 0 Å². The van der Waals surface area contributed by atoms with Crippen molar-refractivity contribution in [3.8, 4) is 17.5 Å². The molecule has 12 heteroatoms. The Kier molecular flexibility index (Phi) is 6.70. The van der Waals surface area contributed by atoms with Crippen LogP contribution in [0.1, 0.15) is 82.0 Å². The molecule has 6 heterocycles. The maximum Gasteiger partial charge on any atom is 0.330 e. The zero-order valence-corrected chi connectivity index (χ0v) is 25.5. The van der Waals surface area contributed by atoms with E-state index in [9.17, 15) is 4.79 Å². The van der Waals surface area contributed by atoms with Gasteiger partial charge in [-0.05, 0) is 71.9 Å². The van der Waals surface area contributed by atoms with E-state index < -0.39 is 5.79 Å². The van der Waals surface area contributed by atoms with E-state index in [4.69, 9.17) is 38.6 Å². The van der Waals surface area contributed by atoms with Crippen molar-refractivity contribution in [2.75, 3.05) is 40.0 Å². The van der Waals surface area contributed by atoms with Crippen molar-refractivity contribution in [1.29, 1.82) is 0 Å². The second-order valence-electron chi connectivity index (χ2n) is 13.2. The highest BCUT2D eigenvalue weighted by molar-refractivity contribution is 5.80. The normalized spacial score (nSPS) is 29.7. The number of likely N-dealkylation sites (N-methyl/N-ethyl adjacent to an activating group) is 1. The molecule has 0 N–H and O–H groups in total. The van der Waals surface area contributed by atoms with Gasteiger partial charge in [-0.2, -0.15) is 4.98 Å².